The monoisotopic (exact) mass is 339 g/mol. The molecule has 2 fully saturated rings. The summed E-state index contributed by atoms with van der Waals surface area (Å²) in [5, 5.41) is 0. The van der Waals surface area contributed by atoms with Crippen LogP contribution in [-0.2, 0) is 20.4 Å². The predicted octanol–water partition coefficient (Wildman–Crippen LogP) is 2.65. The van der Waals surface area contributed by atoms with E-state index >= 15 is 0 Å². The first-order valence-electron chi connectivity index (χ1n) is 8.14. The predicted molar refractivity (Wildman–Crippen MR) is 86.2 cm³/mol. The molecule has 2 aliphatic rings. The van der Waals surface area contributed by atoms with Crippen molar-refractivity contribution in [1.82, 2.24) is 4.90 Å². The highest BCUT2D eigenvalue weighted by Crippen LogP contribution is 2.42. The number of hydrogen-bond acceptors (Lipinski definition) is 3. The highest BCUT2D eigenvalue weighted by molar-refractivity contribution is 7.86. The standard InChI is InChI=1S/C17H22FNO3S/c18-23(21,22)12-14-10-16(20)19(11-14)13-17(8-4-5-9-17)15-6-2-1-3-7-15/h1-3,6-7,14H,4-5,8-13H2. The zero-order chi connectivity index (χ0) is 16.5. The average Bonchev–Trinajstić information content (AvgIpc) is 3.07. The fourth-order valence-corrected chi connectivity index (χ4v) is 4.93. The van der Waals surface area contributed by atoms with Gasteiger partial charge in [0.05, 0.1) is 5.75 Å². The van der Waals surface area contributed by atoms with Gasteiger partial charge in [0.2, 0.25) is 5.91 Å². The lowest BCUT2D eigenvalue weighted by molar-refractivity contribution is -0.128. The molecule has 0 spiro atoms. The Balaban J connectivity index is 1.75. The van der Waals surface area contributed by atoms with Crippen molar-refractivity contribution < 1.29 is 17.1 Å². The van der Waals surface area contributed by atoms with Crippen LogP contribution in [0.15, 0.2) is 30.3 Å². The molecule has 1 unspecified atom stereocenters. The van der Waals surface area contributed by atoms with Crippen LogP contribution in [-0.4, -0.2) is 38.1 Å². The molecular formula is C17H22FNO3S. The molecule has 0 aromatic heterocycles. The Bertz CT molecular complexity index is 668. The molecule has 0 radical (unpaired) electrons. The molecule has 1 aromatic carbocycles. The Morgan fingerprint density at radius 3 is 2.43 bits per heavy atom. The summed E-state index contributed by atoms with van der Waals surface area (Å²) >= 11 is 0. The number of likely N-dealkylation sites (tertiary alicyclic amines) is 1. The molecule has 1 aliphatic carbocycles. The van der Waals surface area contributed by atoms with E-state index in [1.807, 2.05) is 18.2 Å². The largest absolute Gasteiger partial charge is 0.341 e. The summed E-state index contributed by atoms with van der Waals surface area (Å²) in [4.78, 5) is 14.0. The van der Waals surface area contributed by atoms with Crippen molar-refractivity contribution in [3.63, 3.8) is 0 Å². The third-order valence-corrected chi connectivity index (χ3v) is 6.04. The molecule has 1 aromatic rings. The van der Waals surface area contributed by atoms with Gasteiger partial charge in [-0.05, 0) is 18.4 Å². The van der Waals surface area contributed by atoms with Crippen LogP contribution in [0.3, 0.4) is 0 Å². The van der Waals surface area contributed by atoms with Crippen LogP contribution in [0.1, 0.15) is 37.7 Å². The van der Waals surface area contributed by atoms with Gasteiger partial charge in [0.25, 0.3) is 0 Å². The van der Waals surface area contributed by atoms with Crippen LogP contribution >= 0.6 is 0 Å². The normalized spacial score (nSPS) is 24.3. The Kier molecular flexibility index (Phi) is 4.45. The van der Waals surface area contributed by atoms with Crippen LogP contribution in [0.4, 0.5) is 3.89 Å². The summed E-state index contributed by atoms with van der Waals surface area (Å²) in [6, 6.07) is 10.2. The van der Waals surface area contributed by atoms with Gasteiger partial charge in [-0.2, -0.15) is 8.42 Å². The van der Waals surface area contributed by atoms with Crippen molar-refractivity contribution in [2.75, 3.05) is 18.8 Å². The zero-order valence-corrected chi connectivity index (χ0v) is 13.9. The Morgan fingerprint density at radius 2 is 1.83 bits per heavy atom. The fourth-order valence-electron chi connectivity index (χ4n) is 4.15. The van der Waals surface area contributed by atoms with E-state index in [1.165, 1.54) is 5.56 Å². The van der Waals surface area contributed by atoms with Crippen LogP contribution in [0.5, 0.6) is 0 Å². The van der Waals surface area contributed by atoms with Crippen molar-refractivity contribution >= 4 is 16.1 Å². The summed E-state index contributed by atoms with van der Waals surface area (Å²) in [6.07, 6.45) is 4.48. The summed E-state index contributed by atoms with van der Waals surface area (Å²) in [7, 11) is -4.53. The lowest BCUT2D eigenvalue weighted by atomic mass is 9.78. The molecule has 1 atom stereocenters. The minimum atomic E-state index is -4.53. The molecule has 0 bridgehead atoms. The summed E-state index contributed by atoms with van der Waals surface area (Å²) in [5.41, 5.74) is 1.20. The minimum absolute atomic E-state index is 0.0413. The van der Waals surface area contributed by atoms with Gasteiger partial charge >= 0.3 is 10.2 Å². The van der Waals surface area contributed by atoms with E-state index in [2.05, 4.69) is 12.1 Å². The lowest BCUT2D eigenvalue weighted by Gasteiger charge is -2.34. The van der Waals surface area contributed by atoms with Crippen molar-refractivity contribution in [1.29, 1.82) is 0 Å². The quantitative estimate of drug-likeness (QED) is 0.775. The lowest BCUT2D eigenvalue weighted by Crippen LogP contribution is -2.40. The number of nitrogens with zero attached hydrogens (tertiary/aromatic N) is 1. The topological polar surface area (TPSA) is 54.5 Å². The van der Waals surface area contributed by atoms with E-state index in [0.29, 0.717) is 13.1 Å². The molecular weight excluding hydrogens is 317 g/mol. The second kappa shape index (κ2) is 6.23. The Labute approximate surface area is 136 Å². The number of amides is 1. The Morgan fingerprint density at radius 1 is 1.17 bits per heavy atom. The third kappa shape index (κ3) is 3.74. The van der Waals surface area contributed by atoms with Crippen molar-refractivity contribution in [3.8, 4) is 0 Å². The van der Waals surface area contributed by atoms with Gasteiger partial charge in [-0.25, -0.2) is 0 Å². The second-order valence-electron chi connectivity index (χ2n) is 6.90. The number of rotatable bonds is 5. The van der Waals surface area contributed by atoms with Crippen LogP contribution in [0, 0.1) is 5.92 Å². The van der Waals surface area contributed by atoms with E-state index < -0.39 is 21.9 Å². The molecule has 0 N–H and O–H groups in total. The first-order valence-corrected chi connectivity index (χ1v) is 9.69. The first-order chi connectivity index (χ1) is 10.9. The molecule has 3 rings (SSSR count). The maximum Gasteiger partial charge on any atom is 0.302 e. The fraction of sp³-hybridized carbons (Fsp3) is 0.588. The molecule has 4 nitrogen and oxygen atoms in total. The number of hydrogen-bond donors (Lipinski definition) is 0. The van der Waals surface area contributed by atoms with Gasteiger partial charge in [-0.1, -0.05) is 43.2 Å². The maximum atomic E-state index is 12.9. The summed E-state index contributed by atoms with van der Waals surface area (Å²) in [5.74, 6) is -1.03. The van der Waals surface area contributed by atoms with Gasteiger partial charge in [0.15, 0.2) is 0 Å². The zero-order valence-electron chi connectivity index (χ0n) is 13.1. The van der Waals surface area contributed by atoms with Gasteiger partial charge in [0.1, 0.15) is 0 Å². The molecule has 1 saturated heterocycles. The smallest absolute Gasteiger partial charge is 0.302 e. The van der Waals surface area contributed by atoms with Gasteiger partial charge in [-0.15, -0.1) is 3.89 Å². The number of carbonyl (C=O) groups excluding carboxylic acids is 1. The molecule has 23 heavy (non-hydrogen) atoms. The highest BCUT2D eigenvalue weighted by atomic mass is 32.3. The minimum Gasteiger partial charge on any atom is -0.341 e. The van der Waals surface area contributed by atoms with Crippen molar-refractivity contribution in [2.45, 2.75) is 37.5 Å². The van der Waals surface area contributed by atoms with E-state index in [0.717, 1.165) is 25.7 Å². The Hall–Kier alpha value is -1.43. The van der Waals surface area contributed by atoms with Crippen molar-refractivity contribution in [3.05, 3.63) is 35.9 Å². The van der Waals surface area contributed by atoms with Crippen LogP contribution in [0.25, 0.3) is 0 Å². The summed E-state index contributed by atoms with van der Waals surface area (Å²) < 4.78 is 34.5. The van der Waals surface area contributed by atoms with E-state index in [-0.39, 0.29) is 17.7 Å². The molecule has 1 aliphatic heterocycles. The molecule has 1 amide bonds. The van der Waals surface area contributed by atoms with E-state index in [1.54, 1.807) is 4.90 Å². The third-order valence-electron chi connectivity index (χ3n) is 5.17. The van der Waals surface area contributed by atoms with Gasteiger partial charge in [-0.3, -0.25) is 4.79 Å². The van der Waals surface area contributed by atoms with Gasteiger partial charge in [0, 0.05) is 30.8 Å². The average molecular weight is 339 g/mol. The highest BCUT2D eigenvalue weighted by Gasteiger charge is 2.41. The van der Waals surface area contributed by atoms with E-state index in [9.17, 15) is 17.1 Å². The molecule has 1 heterocycles. The molecule has 126 valence electrons. The van der Waals surface area contributed by atoms with Gasteiger partial charge < -0.3 is 4.90 Å². The molecule has 6 heteroatoms. The van der Waals surface area contributed by atoms with Crippen LogP contribution in [0.2, 0.25) is 0 Å². The van der Waals surface area contributed by atoms with E-state index in [4.69, 9.17) is 0 Å². The number of benzene rings is 1. The number of carbonyl (C=O) groups is 1. The summed E-state index contributed by atoms with van der Waals surface area (Å²) in [6.45, 7) is 0.954. The number of halogens is 1. The second-order valence-corrected chi connectivity index (χ2v) is 8.31. The maximum absolute atomic E-state index is 12.9. The molecule has 1 saturated carbocycles. The first kappa shape index (κ1) is 16.4. The SMILES string of the molecule is O=C1CC(CS(=O)(=O)F)CN1CC1(c2ccccc2)CCCC1. The van der Waals surface area contributed by atoms with Crippen molar-refractivity contribution in [2.24, 2.45) is 5.92 Å². The van der Waals surface area contributed by atoms with Crippen LogP contribution < -0.4 is 0 Å².